The second-order valence-electron chi connectivity index (χ2n) is 7.36. The predicted molar refractivity (Wildman–Crippen MR) is 133 cm³/mol. The number of benzene rings is 2. The number of halogens is 1. The van der Waals surface area contributed by atoms with E-state index in [4.69, 9.17) is 16.3 Å². The highest BCUT2D eigenvalue weighted by Crippen LogP contribution is 2.31. The first-order valence-electron chi connectivity index (χ1n) is 10.4. The molecule has 0 saturated heterocycles. The van der Waals surface area contributed by atoms with Crippen LogP contribution in [0.15, 0.2) is 64.6 Å². The van der Waals surface area contributed by atoms with E-state index in [1.807, 2.05) is 12.3 Å². The van der Waals surface area contributed by atoms with Crippen molar-refractivity contribution in [2.45, 2.75) is 13.8 Å². The lowest BCUT2D eigenvalue weighted by atomic mass is 10.2. The molecule has 4 rings (SSSR count). The zero-order chi connectivity index (χ0) is 25.1. The van der Waals surface area contributed by atoms with E-state index in [0.29, 0.717) is 16.4 Å². The maximum atomic E-state index is 13.0. The summed E-state index contributed by atoms with van der Waals surface area (Å²) in [7, 11) is 0. The maximum Gasteiger partial charge on any atom is 0.338 e. The minimum atomic E-state index is -0.727. The van der Waals surface area contributed by atoms with Crippen LogP contribution in [0.2, 0.25) is 0 Å². The molecule has 2 N–H and O–H groups in total. The third-order valence-corrected chi connectivity index (χ3v) is 6.12. The molecule has 1 aliphatic rings. The molecule has 0 radical (unpaired) electrons. The van der Waals surface area contributed by atoms with Crippen LogP contribution in [0.25, 0.3) is 0 Å². The molecule has 178 valence electrons. The van der Waals surface area contributed by atoms with Crippen LogP contribution in [0.4, 0.5) is 16.5 Å². The number of nitrogens with one attached hydrogen (secondary N) is 2. The second kappa shape index (κ2) is 10.1. The summed E-state index contributed by atoms with van der Waals surface area (Å²) >= 11 is 7.51. The van der Waals surface area contributed by atoms with Crippen molar-refractivity contribution in [2.24, 2.45) is 0 Å². The highest BCUT2D eigenvalue weighted by atomic mass is 35.5. The zero-order valence-corrected chi connectivity index (χ0v) is 20.2. The van der Waals surface area contributed by atoms with Gasteiger partial charge in [-0.15, -0.1) is 11.3 Å². The SMILES string of the molecule is CCOC(=O)c1cccc(N2C(=O)C(Cl)=C(Nc3ccc(C(=O)Nc4nc(C)cs4)cc3)C2=O)c1. The average molecular weight is 511 g/mol. The molecule has 0 aliphatic carbocycles. The number of aromatic nitrogens is 1. The summed E-state index contributed by atoms with van der Waals surface area (Å²) in [6.07, 6.45) is 0. The molecule has 0 unspecified atom stereocenters. The largest absolute Gasteiger partial charge is 0.462 e. The number of carbonyl (C=O) groups excluding carboxylic acids is 4. The molecule has 3 aromatic rings. The fraction of sp³-hybridized carbons (Fsp3) is 0.125. The fourth-order valence-corrected chi connectivity index (χ4v) is 4.16. The normalized spacial score (nSPS) is 13.3. The van der Waals surface area contributed by atoms with Crippen LogP contribution in [-0.2, 0) is 14.3 Å². The quantitative estimate of drug-likeness (QED) is 0.359. The van der Waals surface area contributed by atoms with Gasteiger partial charge in [0.15, 0.2) is 5.13 Å². The molecule has 35 heavy (non-hydrogen) atoms. The summed E-state index contributed by atoms with van der Waals surface area (Å²) < 4.78 is 4.97. The molecule has 0 atom stereocenters. The van der Waals surface area contributed by atoms with Gasteiger partial charge >= 0.3 is 5.97 Å². The van der Waals surface area contributed by atoms with Gasteiger partial charge in [-0.05, 0) is 56.3 Å². The first kappa shape index (κ1) is 24.1. The number of hydrogen-bond acceptors (Lipinski definition) is 8. The molecule has 2 aromatic carbocycles. The number of carbonyl (C=O) groups is 4. The molecular weight excluding hydrogens is 492 g/mol. The third-order valence-electron chi connectivity index (χ3n) is 4.90. The Labute approximate surface area is 209 Å². The number of thiazole rings is 1. The number of anilines is 3. The van der Waals surface area contributed by atoms with E-state index < -0.39 is 17.8 Å². The van der Waals surface area contributed by atoms with E-state index in [9.17, 15) is 19.2 Å². The number of hydrogen-bond donors (Lipinski definition) is 2. The lowest BCUT2D eigenvalue weighted by Crippen LogP contribution is -2.32. The van der Waals surface area contributed by atoms with E-state index in [-0.39, 0.29) is 34.5 Å². The van der Waals surface area contributed by atoms with E-state index in [1.165, 1.54) is 35.6 Å². The van der Waals surface area contributed by atoms with Crippen LogP contribution >= 0.6 is 22.9 Å². The smallest absolute Gasteiger partial charge is 0.338 e. The molecule has 0 saturated carbocycles. The van der Waals surface area contributed by atoms with E-state index in [2.05, 4.69) is 15.6 Å². The van der Waals surface area contributed by atoms with Crippen molar-refractivity contribution in [2.75, 3.05) is 22.1 Å². The van der Waals surface area contributed by atoms with Gasteiger partial charge in [-0.2, -0.15) is 0 Å². The second-order valence-corrected chi connectivity index (χ2v) is 8.59. The molecule has 2 heterocycles. The van der Waals surface area contributed by atoms with Crippen molar-refractivity contribution >= 4 is 63.1 Å². The van der Waals surface area contributed by atoms with Gasteiger partial charge in [-0.3, -0.25) is 19.7 Å². The van der Waals surface area contributed by atoms with Gasteiger partial charge in [0.2, 0.25) is 0 Å². The Bertz CT molecular complexity index is 1370. The van der Waals surface area contributed by atoms with Crippen LogP contribution in [0.5, 0.6) is 0 Å². The number of aryl methyl sites for hydroxylation is 1. The van der Waals surface area contributed by atoms with Gasteiger partial charge in [0.1, 0.15) is 10.7 Å². The lowest BCUT2D eigenvalue weighted by molar-refractivity contribution is -0.120. The Hall–Kier alpha value is -4.02. The van der Waals surface area contributed by atoms with Gasteiger partial charge < -0.3 is 10.1 Å². The van der Waals surface area contributed by atoms with Crippen LogP contribution < -0.4 is 15.5 Å². The molecule has 0 spiro atoms. The molecule has 0 fully saturated rings. The third kappa shape index (κ3) is 5.08. The topological polar surface area (TPSA) is 118 Å². The van der Waals surface area contributed by atoms with Crippen molar-refractivity contribution in [3.8, 4) is 0 Å². The summed E-state index contributed by atoms with van der Waals surface area (Å²) in [4.78, 5) is 55.3. The molecule has 11 heteroatoms. The van der Waals surface area contributed by atoms with E-state index in [1.54, 1.807) is 31.2 Å². The molecule has 9 nitrogen and oxygen atoms in total. The molecule has 0 bridgehead atoms. The number of rotatable bonds is 7. The fourth-order valence-electron chi connectivity index (χ4n) is 3.26. The molecule has 3 amide bonds. The number of esters is 1. The van der Waals surface area contributed by atoms with Crippen molar-refractivity contribution in [3.63, 3.8) is 0 Å². The number of nitrogens with zero attached hydrogens (tertiary/aromatic N) is 2. The number of amides is 3. The zero-order valence-electron chi connectivity index (χ0n) is 18.6. The van der Waals surface area contributed by atoms with Gasteiger partial charge in [0.25, 0.3) is 17.7 Å². The van der Waals surface area contributed by atoms with Gasteiger partial charge in [0, 0.05) is 16.6 Å². The lowest BCUT2D eigenvalue weighted by Gasteiger charge is -2.16. The monoisotopic (exact) mass is 510 g/mol. The van der Waals surface area contributed by atoms with E-state index >= 15 is 0 Å². The first-order valence-corrected chi connectivity index (χ1v) is 11.7. The number of imide groups is 1. The molecule has 1 aromatic heterocycles. The average Bonchev–Trinajstić information content (AvgIpc) is 3.35. The Morgan fingerprint density at radius 1 is 1.09 bits per heavy atom. The Morgan fingerprint density at radius 3 is 2.49 bits per heavy atom. The van der Waals surface area contributed by atoms with E-state index in [0.717, 1.165) is 10.6 Å². The van der Waals surface area contributed by atoms with Crippen molar-refractivity contribution in [1.29, 1.82) is 0 Å². The number of ether oxygens (including phenoxy) is 1. The summed E-state index contributed by atoms with van der Waals surface area (Å²) in [5.74, 6) is -2.31. The summed E-state index contributed by atoms with van der Waals surface area (Å²) in [6, 6.07) is 12.3. The molecule has 1 aliphatic heterocycles. The van der Waals surface area contributed by atoms with Gasteiger partial charge in [-0.1, -0.05) is 17.7 Å². The highest BCUT2D eigenvalue weighted by Gasteiger charge is 2.39. The van der Waals surface area contributed by atoms with Crippen LogP contribution in [0.1, 0.15) is 33.3 Å². The summed E-state index contributed by atoms with van der Waals surface area (Å²) in [5, 5.41) is 7.59. The van der Waals surface area contributed by atoms with Crippen molar-refractivity contribution in [3.05, 3.63) is 81.5 Å². The minimum Gasteiger partial charge on any atom is -0.462 e. The van der Waals surface area contributed by atoms with Crippen LogP contribution in [0.3, 0.4) is 0 Å². The Balaban J connectivity index is 1.49. The van der Waals surface area contributed by atoms with Crippen LogP contribution in [-0.4, -0.2) is 35.3 Å². The molecular formula is C24H19ClN4O5S. The first-order chi connectivity index (χ1) is 16.8. The predicted octanol–water partition coefficient (Wildman–Crippen LogP) is 4.32. The highest BCUT2D eigenvalue weighted by molar-refractivity contribution is 7.13. The maximum absolute atomic E-state index is 13.0. The standard InChI is InChI=1S/C24H19ClN4O5S/c1-3-34-23(33)15-5-4-6-17(11-15)29-21(31)18(25)19(22(29)32)27-16-9-7-14(8-10-16)20(30)28-24-26-13(2)12-35-24/h4-12,27H,3H2,1-2H3,(H,26,28,30). The van der Waals surface area contributed by atoms with Gasteiger partial charge in [-0.25, -0.2) is 14.7 Å². The van der Waals surface area contributed by atoms with Crippen molar-refractivity contribution < 1.29 is 23.9 Å². The van der Waals surface area contributed by atoms with Crippen molar-refractivity contribution in [1.82, 2.24) is 4.98 Å². The van der Waals surface area contributed by atoms with Gasteiger partial charge in [0.05, 0.1) is 23.6 Å². The summed E-state index contributed by atoms with van der Waals surface area (Å²) in [5.41, 5.74) is 1.91. The Kier molecular flexibility index (Phi) is 6.94. The Morgan fingerprint density at radius 2 is 1.83 bits per heavy atom. The van der Waals surface area contributed by atoms with Crippen LogP contribution in [0, 0.1) is 6.92 Å². The minimum absolute atomic E-state index is 0.117. The summed E-state index contributed by atoms with van der Waals surface area (Å²) in [6.45, 7) is 3.70.